The number of ether oxygens (including phenoxy) is 3. The maximum absolute atomic E-state index is 13.4. The Morgan fingerprint density at radius 1 is 0.838 bits per heavy atom. The van der Waals surface area contributed by atoms with Crippen molar-refractivity contribution in [3.8, 4) is 22.6 Å². The summed E-state index contributed by atoms with van der Waals surface area (Å²) in [5, 5.41) is 39.7. The van der Waals surface area contributed by atoms with Crippen LogP contribution in [0.3, 0.4) is 0 Å². The number of hydrogen-bond acceptors (Lipinski definition) is 9. The molecule has 9 nitrogen and oxygen atoms in total. The molecule has 1 fully saturated rings. The molecule has 0 radical (unpaired) electrons. The molecule has 4 aromatic rings. The highest BCUT2D eigenvalue weighted by Gasteiger charge is 2.44. The van der Waals surface area contributed by atoms with Crippen molar-refractivity contribution < 1.29 is 39.1 Å². The van der Waals surface area contributed by atoms with E-state index in [0.29, 0.717) is 34.5 Å². The third-order valence-corrected chi connectivity index (χ3v) is 6.27. The molecule has 1 saturated heterocycles. The molecule has 5 rings (SSSR count). The van der Waals surface area contributed by atoms with Gasteiger partial charge in [0.15, 0.2) is 0 Å². The predicted octanol–water partition coefficient (Wildman–Crippen LogP) is 2.22. The van der Waals surface area contributed by atoms with E-state index in [1.54, 1.807) is 42.5 Å². The summed E-state index contributed by atoms with van der Waals surface area (Å²) < 4.78 is 22.7. The van der Waals surface area contributed by atoms with Crippen molar-refractivity contribution in [3.05, 3.63) is 94.8 Å². The lowest BCUT2D eigenvalue weighted by Crippen LogP contribution is -2.60. The fourth-order valence-corrected chi connectivity index (χ4v) is 4.21. The van der Waals surface area contributed by atoms with Crippen molar-refractivity contribution in [2.75, 3.05) is 6.61 Å². The Morgan fingerprint density at radius 3 is 2.32 bits per heavy atom. The summed E-state index contributed by atoms with van der Waals surface area (Å²) in [6, 6.07) is 21.2. The van der Waals surface area contributed by atoms with Gasteiger partial charge in [-0.3, -0.25) is 4.79 Å². The number of rotatable bonds is 7. The minimum Gasteiger partial charge on any atom is -0.488 e. The van der Waals surface area contributed by atoms with Crippen LogP contribution in [0, 0.1) is 0 Å². The summed E-state index contributed by atoms with van der Waals surface area (Å²) in [6.07, 6.45) is -5.55. The van der Waals surface area contributed by atoms with Gasteiger partial charge in [-0.05, 0) is 35.4 Å². The third-order valence-electron chi connectivity index (χ3n) is 6.27. The van der Waals surface area contributed by atoms with E-state index in [1.165, 1.54) is 6.26 Å². The van der Waals surface area contributed by atoms with Crippen LogP contribution in [0.2, 0.25) is 0 Å². The molecule has 37 heavy (non-hydrogen) atoms. The van der Waals surface area contributed by atoms with Crippen molar-refractivity contribution in [1.82, 2.24) is 0 Å². The van der Waals surface area contributed by atoms with Crippen LogP contribution in [-0.4, -0.2) is 57.7 Å². The Morgan fingerprint density at radius 2 is 1.59 bits per heavy atom. The maximum Gasteiger partial charge on any atom is 0.229 e. The van der Waals surface area contributed by atoms with E-state index in [2.05, 4.69) is 0 Å². The number of fused-ring (bicyclic) bond motifs is 1. The number of hydrogen-bond donors (Lipinski definition) is 4. The Labute approximate surface area is 211 Å². The summed E-state index contributed by atoms with van der Waals surface area (Å²) in [4.78, 5) is 13.4. The van der Waals surface area contributed by atoms with Gasteiger partial charge >= 0.3 is 0 Å². The SMILES string of the molecule is O=c1c(-c2ccc(O[C@@H]3O[C@H](CO)[C@@H](O)[C@H](O)[C@H]3O)cc2)coc2cccc(OCc3ccccc3)c12. The van der Waals surface area contributed by atoms with E-state index in [9.17, 15) is 25.2 Å². The zero-order chi connectivity index (χ0) is 25.9. The van der Waals surface area contributed by atoms with E-state index < -0.39 is 37.3 Å². The van der Waals surface area contributed by atoms with Crippen molar-refractivity contribution in [2.24, 2.45) is 0 Å². The average molecular weight is 507 g/mol. The van der Waals surface area contributed by atoms with E-state index in [1.807, 2.05) is 30.3 Å². The minimum atomic E-state index is -1.55. The Hall–Kier alpha value is -3.73. The third kappa shape index (κ3) is 5.08. The molecule has 5 atom stereocenters. The molecule has 192 valence electrons. The normalized spacial score (nSPS) is 23.6. The van der Waals surface area contributed by atoms with Crippen LogP contribution in [-0.2, 0) is 11.3 Å². The van der Waals surface area contributed by atoms with Gasteiger partial charge in [-0.25, -0.2) is 0 Å². The summed E-state index contributed by atoms with van der Waals surface area (Å²) in [5.41, 5.74) is 2.00. The van der Waals surface area contributed by atoms with E-state index in [-0.39, 0.29) is 11.2 Å². The second-order valence-corrected chi connectivity index (χ2v) is 8.72. The minimum absolute atomic E-state index is 0.257. The van der Waals surface area contributed by atoms with Crippen LogP contribution in [0.4, 0.5) is 0 Å². The van der Waals surface area contributed by atoms with Gasteiger partial charge in [0.25, 0.3) is 0 Å². The fraction of sp³-hybridized carbons (Fsp3) is 0.250. The van der Waals surface area contributed by atoms with Crippen LogP contribution >= 0.6 is 0 Å². The first-order chi connectivity index (χ1) is 18.0. The topological polar surface area (TPSA) is 139 Å². The molecule has 1 aliphatic heterocycles. The lowest BCUT2D eigenvalue weighted by atomic mass is 9.99. The van der Waals surface area contributed by atoms with Crippen LogP contribution in [0.5, 0.6) is 11.5 Å². The van der Waals surface area contributed by atoms with Gasteiger partial charge in [0.2, 0.25) is 11.7 Å². The van der Waals surface area contributed by atoms with Gasteiger partial charge in [0.1, 0.15) is 59.8 Å². The Kier molecular flexibility index (Phi) is 7.22. The van der Waals surface area contributed by atoms with Crippen LogP contribution < -0.4 is 14.9 Å². The lowest BCUT2D eigenvalue weighted by molar-refractivity contribution is -0.277. The number of aliphatic hydroxyl groups is 4. The zero-order valence-corrected chi connectivity index (χ0v) is 19.6. The molecule has 1 aromatic heterocycles. The van der Waals surface area contributed by atoms with Gasteiger partial charge in [0.05, 0.1) is 12.2 Å². The molecular weight excluding hydrogens is 480 g/mol. The van der Waals surface area contributed by atoms with E-state index in [4.69, 9.17) is 18.6 Å². The molecule has 0 unspecified atom stereocenters. The van der Waals surface area contributed by atoms with Crippen LogP contribution in [0.1, 0.15) is 5.56 Å². The average Bonchev–Trinajstić information content (AvgIpc) is 2.93. The quantitative estimate of drug-likeness (QED) is 0.297. The van der Waals surface area contributed by atoms with Crippen LogP contribution in [0.15, 0.2) is 88.3 Å². The highest BCUT2D eigenvalue weighted by molar-refractivity contribution is 5.87. The molecule has 0 saturated carbocycles. The smallest absolute Gasteiger partial charge is 0.229 e. The molecule has 0 bridgehead atoms. The van der Waals surface area contributed by atoms with Gasteiger partial charge in [-0.15, -0.1) is 0 Å². The first kappa shape index (κ1) is 24.9. The molecular formula is C28H26O9. The monoisotopic (exact) mass is 506 g/mol. The number of aliphatic hydroxyl groups excluding tert-OH is 4. The first-order valence-electron chi connectivity index (χ1n) is 11.7. The Bertz CT molecular complexity index is 1400. The van der Waals surface area contributed by atoms with Gasteiger partial charge in [0, 0.05) is 0 Å². The Balaban J connectivity index is 1.38. The second-order valence-electron chi connectivity index (χ2n) is 8.72. The predicted molar refractivity (Wildman–Crippen MR) is 133 cm³/mol. The summed E-state index contributed by atoms with van der Waals surface area (Å²) in [7, 11) is 0. The van der Waals surface area contributed by atoms with Gasteiger partial charge in [-0.2, -0.15) is 0 Å². The molecule has 0 amide bonds. The second kappa shape index (κ2) is 10.7. The molecule has 1 aliphatic rings. The van der Waals surface area contributed by atoms with E-state index in [0.717, 1.165) is 5.56 Å². The molecule has 3 aromatic carbocycles. The lowest BCUT2D eigenvalue weighted by Gasteiger charge is -2.39. The van der Waals surface area contributed by atoms with Crippen molar-refractivity contribution in [1.29, 1.82) is 0 Å². The summed E-state index contributed by atoms with van der Waals surface area (Å²) in [6.45, 7) is -0.258. The van der Waals surface area contributed by atoms with Crippen LogP contribution in [0.25, 0.3) is 22.1 Å². The van der Waals surface area contributed by atoms with Gasteiger partial charge < -0.3 is 39.1 Å². The number of benzene rings is 3. The molecule has 0 aliphatic carbocycles. The molecule has 4 N–H and O–H groups in total. The zero-order valence-electron chi connectivity index (χ0n) is 19.6. The van der Waals surface area contributed by atoms with Crippen molar-refractivity contribution in [3.63, 3.8) is 0 Å². The largest absolute Gasteiger partial charge is 0.488 e. The molecule has 2 heterocycles. The first-order valence-corrected chi connectivity index (χ1v) is 11.7. The molecule has 9 heteroatoms. The van der Waals surface area contributed by atoms with Crippen molar-refractivity contribution >= 4 is 11.0 Å². The fourth-order valence-electron chi connectivity index (χ4n) is 4.21. The van der Waals surface area contributed by atoms with Crippen molar-refractivity contribution in [2.45, 2.75) is 37.3 Å². The van der Waals surface area contributed by atoms with Gasteiger partial charge in [-0.1, -0.05) is 48.5 Å². The summed E-state index contributed by atoms with van der Waals surface area (Å²) >= 11 is 0. The van der Waals surface area contributed by atoms with E-state index >= 15 is 0 Å². The summed E-state index contributed by atoms with van der Waals surface area (Å²) in [5.74, 6) is 0.699. The molecule has 0 spiro atoms. The maximum atomic E-state index is 13.4. The highest BCUT2D eigenvalue weighted by Crippen LogP contribution is 2.29. The standard InChI is InChI=1S/C28H26O9/c29-13-22-25(31)26(32)27(33)28(37-22)36-18-11-9-17(10-12-18)19-15-35-21-8-4-7-20(23(21)24(19)30)34-14-16-5-2-1-3-6-16/h1-12,15,22,25-29,31-33H,13-14H2/t22-,25-,26+,27-,28-/m1/s1. The highest BCUT2D eigenvalue weighted by atomic mass is 16.7.